The molecule has 0 aliphatic rings. The predicted octanol–water partition coefficient (Wildman–Crippen LogP) is 9.40. The Morgan fingerprint density at radius 1 is 0.486 bits per heavy atom. The van der Waals surface area contributed by atoms with Gasteiger partial charge in [-0.05, 0) is 73.2 Å². The molecule has 2 heteroatoms. The van der Waals surface area contributed by atoms with Crippen molar-refractivity contribution in [2.75, 3.05) is 0 Å². The van der Waals surface area contributed by atoms with Gasteiger partial charge < -0.3 is 0 Å². The Morgan fingerprint density at radius 3 is 1.27 bits per heavy atom. The third kappa shape index (κ3) is 9.90. The lowest BCUT2D eigenvalue weighted by Crippen LogP contribution is -1.92. The first kappa shape index (κ1) is 28.2. The van der Waals surface area contributed by atoms with Gasteiger partial charge in [-0.25, -0.2) is 8.78 Å². The molecule has 0 fully saturated rings. The van der Waals surface area contributed by atoms with Gasteiger partial charge in [-0.1, -0.05) is 107 Å². The highest BCUT2D eigenvalue weighted by atomic mass is 19.1. The summed E-state index contributed by atoms with van der Waals surface area (Å²) in [5, 5.41) is 0. The molecule has 0 aliphatic heterocycles. The average Bonchev–Trinajstić information content (AvgIpc) is 2.92. The fourth-order valence-electron chi connectivity index (χ4n) is 4.22. The number of hydrogen-bond donors (Lipinski definition) is 0. The third-order valence-corrected chi connectivity index (χ3v) is 6.54. The standard InChI is InChI=1S/C35H38F2/c1-3-5-7-9-11-13-29-16-20-31(21-17-29)23-25-33-27-34(36)32(26-35(33)37)24-22-30-18-14-28(15-19-30)12-10-8-6-4-2/h14-21,26-27H,3-13H2,1-2H3. The summed E-state index contributed by atoms with van der Waals surface area (Å²) < 4.78 is 29.3. The first-order valence-corrected chi connectivity index (χ1v) is 13.8. The molecular formula is C35H38F2. The van der Waals surface area contributed by atoms with Crippen LogP contribution in [0.5, 0.6) is 0 Å². The van der Waals surface area contributed by atoms with E-state index in [1.165, 1.54) is 68.9 Å². The van der Waals surface area contributed by atoms with Crippen molar-refractivity contribution >= 4 is 0 Å². The first-order chi connectivity index (χ1) is 18.1. The Kier molecular flexibility index (Phi) is 12.0. The Bertz CT molecular complexity index is 1230. The molecule has 0 atom stereocenters. The molecule has 192 valence electrons. The molecule has 0 radical (unpaired) electrons. The number of aryl methyl sites for hydroxylation is 2. The van der Waals surface area contributed by atoms with Gasteiger partial charge in [-0.3, -0.25) is 0 Å². The maximum atomic E-state index is 14.6. The van der Waals surface area contributed by atoms with E-state index in [9.17, 15) is 8.78 Å². The fourth-order valence-corrected chi connectivity index (χ4v) is 4.22. The van der Waals surface area contributed by atoms with Crippen molar-refractivity contribution in [1.82, 2.24) is 0 Å². The topological polar surface area (TPSA) is 0 Å². The minimum atomic E-state index is -0.566. The van der Waals surface area contributed by atoms with Crippen LogP contribution in [0.3, 0.4) is 0 Å². The van der Waals surface area contributed by atoms with Crippen LogP contribution in [0.1, 0.15) is 105 Å². The average molecular weight is 497 g/mol. The van der Waals surface area contributed by atoms with Crippen molar-refractivity contribution in [2.24, 2.45) is 0 Å². The SMILES string of the molecule is CCCCCCCc1ccc(C#Cc2cc(F)c(C#Cc3ccc(CCCCCC)cc3)cc2F)cc1. The lowest BCUT2D eigenvalue weighted by atomic mass is 10.0. The molecule has 0 heterocycles. The quantitative estimate of drug-likeness (QED) is 0.183. The second-order valence-electron chi connectivity index (χ2n) is 9.68. The highest BCUT2D eigenvalue weighted by Gasteiger charge is 2.07. The predicted molar refractivity (Wildman–Crippen MR) is 152 cm³/mol. The number of benzene rings is 3. The van der Waals surface area contributed by atoms with Crippen LogP contribution in [-0.2, 0) is 12.8 Å². The van der Waals surface area contributed by atoms with E-state index in [0.717, 1.165) is 36.1 Å². The van der Waals surface area contributed by atoms with Crippen LogP contribution in [0.15, 0.2) is 60.7 Å². The van der Waals surface area contributed by atoms with Gasteiger partial charge >= 0.3 is 0 Å². The van der Waals surface area contributed by atoms with Crippen molar-refractivity contribution in [3.05, 3.63) is 106 Å². The van der Waals surface area contributed by atoms with Crippen LogP contribution >= 0.6 is 0 Å². The third-order valence-electron chi connectivity index (χ3n) is 6.54. The van der Waals surface area contributed by atoms with E-state index in [0.29, 0.717) is 0 Å². The van der Waals surface area contributed by atoms with Gasteiger partial charge in [0.15, 0.2) is 0 Å². The van der Waals surface area contributed by atoms with Crippen molar-refractivity contribution < 1.29 is 8.78 Å². The summed E-state index contributed by atoms with van der Waals surface area (Å²) in [6.07, 6.45) is 13.3. The van der Waals surface area contributed by atoms with Crippen LogP contribution in [0.25, 0.3) is 0 Å². The lowest BCUT2D eigenvalue weighted by Gasteiger charge is -2.02. The highest BCUT2D eigenvalue weighted by Crippen LogP contribution is 2.15. The van der Waals surface area contributed by atoms with Crippen LogP contribution in [0, 0.1) is 35.3 Å². The summed E-state index contributed by atoms with van der Waals surface area (Å²) in [5.74, 6) is 10.3. The minimum Gasteiger partial charge on any atom is -0.206 e. The van der Waals surface area contributed by atoms with Gasteiger partial charge in [0.25, 0.3) is 0 Å². The number of rotatable bonds is 11. The first-order valence-electron chi connectivity index (χ1n) is 13.8. The molecule has 0 nitrogen and oxygen atoms in total. The summed E-state index contributed by atoms with van der Waals surface area (Å²) in [5.41, 5.74) is 4.20. The summed E-state index contributed by atoms with van der Waals surface area (Å²) >= 11 is 0. The number of hydrogen-bond acceptors (Lipinski definition) is 0. The summed E-state index contributed by atoms with van der Waals surface area (Å²) in [6, 6.07) is 18.3. The van der Waals surface area contributed by atoms with Crippen LogP contribution in [0.2, 0.25) is 0 Å². The molecule has 0 spiro atoms. The fraction of sp³-hybridized carbons (Fsp3) is 0.371. The van der Waals surface area contributed by atoms with Gasteiger partial charge in [0.05, 0.1) is 11.1 Å². The molecule has 0 saturated carbocycles. The summed E-state index contributed by atoms with van der Waals surface area (Å²) in [6.45, 7) is 4.43. The maximum Gasteiger partial charge on any atom is 0.140 e. The molecule has 0 aromatic heterocycles. The largest absolute Gasteiger partial charge is 0.206 e. The van der Waals surface area contributed by atoms with Gasteiger partial charge in [0.2, 0.25) is 0 Å². The molecule has 0 unspecified atom stereocenters. The Morgan fingerprint density at radius 2 is 0.865 bits per heavy atom. The van der Waals surface area contributed by atoms with Crippen LogP contribution in [-0.4, -0.2) is 0 Å². The monoisotopic (exact) mass is 496 g/mol. The lowest BCUT2D eigenvalue weighted by molar-refractivity contribution is 0.594. The van der Waals surface area contributed by atoms with E-state index < -0.39 is 11.6 Å². The zero-order chi connectivity index (χ0) is 26.3. The van der Waals surface area contributed by atoms with E-state index >= 15 is 0 Å². The molecule has 0 N–H and O–H groups in total. The van der Waals surface area contributed by atoms with E-state index in [4.69, 9.17) is 0 Å². The summed E-state index contributed by atoms with van der Waals surface area (Å²) in [7, 11) is 0. The maximum absolute atomic E-state index is 14.6. The molecule has 3 aromatic carbocycles. The van der Waals surface area contributed by atoms with Gasteiger partial charge in [-0.2, -0.15) is 0 Å². The number of halogens is 2. The normalized spacial score (nSPS) is 10.4. The molecule has 0 saturated heterocycles. The van der Waals surface area contributed by atoms with E-state index in [-0.39, 0.29) is 11.1 Å². The van der Waals surface area contributed by atoms with Crippen molar-refractivity contribution in [3.8, 4) is 23.7 Å². The second kappa shape index (κ2) is 15.7. The zero-order valence-electron chi connectivity index (χ0n) is 22.3. The smallest absolute Gasteiger partial charge is 0.140 e. The van der Waals surface area contributed by atoms with E-state index in [2.05, 4.69) is 61.8 Å². The van der Waals surface area contributed by atoms with Gasteiger partial charge in [0.1, 0.15) is 11.6 Å². The zero-order valence-corrected chi connectivity index (χ0v) is 22.3. The van der Waals surface area contributed by atoms with Crippen molar-refractivity contribution in [2.45, 2.75) is 84.5 Å². The van der Waals surface area contributed by atoms with Crippen LogP contribution < -0.4 is 0 Å². The molecule has 3 aromatic rings. The second-order valence-corrected chi connectivity index (χ2v) is 9.68. The van der Waals surface area contributed by atoms with Gasteiger partial charge in [-0.15, -0.1) is 0 Å². The van der Waals surface area contributed by atoms with Crippen LogP contribution in [0.4, 0.5) is 8.78 Å². The van der Waals surface area contributed by atoms with Gasteiger partial charge in [0, 0.05) is 11.1 Å². The van der Waals surface area contributed by atoms with Crippen molar-refractivity contribution in [1.29, 1.82) is 0 Å². The molecular weight excluding hydrogens is 458 g/mol. The Labute approximate surface area is 222 Å². The Balaban J connectivity index is 1.59. The molecule has 0 bridgehead atoms. The molecule has 37 heavy (non-hydrogen) atoms. The molecule has 0 aliphatic carbocycles. The van der Waals surface area contributed by atoms with E-state index in [1.807, 2.05) is 24.3 Å². The summed E-state index contributed by atoms with van der Waals surface area (Å²) in [4.78, 5) is 0. The number of unbranched alkanes of at least 4 members (excludes halogenated alkanes) is 7. The Hall–Kier alpha value is -3.36. The molecule has 3 rings (SSSR count). The minimum absolute atomic E-state index is 0.0370. The van der Waals surface area contributed by atoms with E-state index in [1.54, 1.807) is 0 Å². The molecule has 0 amide bonds. The highest BCUT2D eigenvalue weighted by molar-refractivity contribution is 5.49. The van der Waals surface area contributed by atoms with Crippen molar-refractivity contribution in [3.63, 3.8) is 0 Å².